The first-order valence-corrected chi connectivity index (χ1v) is 12.3. The number of amides is 1. The van der Waals surface area contributed by atoms with Gasteiger partial charge in [0.05, 0.1) is 25.7 Å². The summed E-state index contributed by atoms with van der Waals surface area (Å²) in [6.07, 6.45) is 3.91. The lowest BCUT2D eigenvalue weighted by atomic mass is 9.98. The topological polar surface area (TPSA) is 85.1 Å². The van der Waals surface area contributed by atoms with Gasteiger partial charge in [0.2, 0.25) is 5.89 Å². The number of rotatable bonds is 11. The number of hydrogen-bond donors (Lipinski definition) is 0. The van der Waals surface area contributed by atoms with Crippen LogP contribution in [0, 0.1) is 5.92 Å². The highest BCUT2D eigenvalue weighted by Gasteiger charge is 2.31. The highest BCUT2D eigenvalue weighted by atomic mass is 16.5. The second-order valence-corrected chi connectivity index (χ2v) is 8.71. The number of benzene rings is 1. The van der Waals surface area contributed by atoms with Gasteiger partial charge in [-0.1, -0.05) is 19.1 Å². The molecule has 8 heteroatoms. The van der Waals surface area contributed by atoms with Crippen LogP contribution in [0.1, 0.15) is 68.9 Å². The van der Waals surface area contributed by atoms with Crippen molar-refractivity contribution in [3.63, 3.8) is 0 Å². The normalized spacial score (nSPS) is 17.0. The number of carbonyl (C=O) groups is 2. The number of esters is 1. The Hall–Kier alpha value is -2.87. The van der Waals surface area contributed by atoms with Crippen molar-refractivity contribution in [3.8, 4) is 5.75 Å². The van der Waals surface area contributed by atoms with Gasteiger partial charge < -0.3 is 18.8 Å². The standard InChI is InChI=1S/C26H37N3O5/c1-5-19(4)29(15-20-10-12-22(13-11-20)32-6-2)17-24-27-23(18-34-24)25(30)28-14-8-9-21(16-28)26(31)33-7-3/h10-13,18-19,21H,5-9,14-17H2,1-4H3. The molecule has 1 aliphatic heterocycles. The second-order valence-electron chi connectivity index (χ2n) is 8.71. The average Bonchev–Trinajstić information content (AvgIpc) is 3.32. The van der Waals surface area contributed by atoms with Crippen molar-refractivity contribution >= 4 is 11.9 Å². The Morgan fingerprint density at radius 1 is 1.18 bits per heavy atom. The van der Waals surface area contributed by atoms with E-state index in [1.54, 1.807) is 11.8 Å². The van der Waals surface area contributed by atoms with Crippen molar-refractivity contribution in [1.29, 1.82) is 0 Å². The summed E-state index contributed by atoms with van der Waals surface area (Å²) in [7, 11) is 0. The van der Waals surface area contributed by atoms with Gasteiger partial charge in [-0.05, 0) is 57.7 Å². The van der Waals surface area contributed by atoms with Gasteiger partial charge in [-0.15, -0.1) is 0 Å². The number of nitrogens with zero attached hydrogens (tertiary/aromatic N) is 3. The van der Waals surface area contributed by atoms with Crippen molar-refractivity contribution in [2.45, 2.75) is 66.1 Å². The van der Waals surface area contributed by atoms with Crippen molar-refractivity contribution in [2.24, 2.45) is 5.92 Å². The maximum atomic E-state index is 13.0. The molecule has 1 saturated heterocycles. The van der Waals surface area contributed by atoms with E-state index in [9.17, 15) is 9.59 Å². The number of carbonyl (C=O) groups excluding carboxylic acids is 2. The lowest BCUT2D eigenvalue weighted by molar-refractivity contribution is -0.149. The zero-order valence-electron chi connectivity index (χ0n) is 20.8. The molecule has 1 aromatic carbocycles. The maximum absolute atomic E-state index is 13.0. The van der Waals surface area contributed by atoms with Gasteiger partial charge >= 0.3 is 5.97 Å². The van der Waals surface area contributed by atoms with E-state index in [2.05, 4.69) is 35.9 Å². The van der Waals surface area contributed by atoms with Gasteiger partial charge in [0, 0.05) is 25.7 Å². The van der Waals surface area contributed by atoms with Crippen LogP contribution < -0.4 is 4.74 Å². The van der Waals surface area contributed by atoms with Crippen LogP contribution in [0.25, 0.3) is 0 Å². The van der Waals surface area contributed by atoms with Gasteiger partial charge in [-0.2, -0.15) is 0 Å². The molecule has 0 radical (unpaired) electrons. The molecule has 0 spiro atoms. The molecular weight excluding hydrogens is 434 g/mol. The number of aromatic nitrogens is 1. The minimum absolute atomic E-state index is 0.203. The van der Waals surface area contributed by atoms with E-state index >= 15 is 0 Å². The molecule has 1 fully saturated rings. The monoisotopic (exact) mass is 471 g/mol. The summed E-state index contributed by atoms with van der Waals surface area (Å²) in [5, 5.41) is 0. The van der Waals surface area contributed by atoms with Crippen molar-refractivity contribution in [1.82, 2.24) is 14.8 Å². The fourth-order valence-corrected chi connectivity index (χ4v) is 4.15. The highest BCUT2D eigenvalue weighted by molar-refractivity contribution is 5.92. The largest absolute Gasteiger partial charge is 0.494 e. The van der Waals surface area contributed by atoms with Crippen LogP contribution in [0.3, 0.4) is 0 Å². The van der Waals surface area contributed by atoms with Crippen LogP contribution in [0.2, 0.25) is 0 Å². The Kier molecular flexibility index (Phi) is 9.51. The minimum atomic E-state index is -0.279. The quantitative estimate of drug-likeness (QED) is 0.452. The Morgan fingerprint density at radius 3 is 2.62 bits per heavy atom. The smallest absolute Gasteiger partial charge is 0.310 e. The Bertz CT molecular complexity index is 927. The molecular formula is C26H37N3O5. The SMILES string of the molecule is CCOC(=O)C1CCCN(C(=O)c2coc(CN(Cc3ccc(OCC)cc3)C(C)CC)n2)C1. The first-order valence-electron chi connectivity index (χ1n) is 12.3. The minimum Gasteiger partial charge on any atom is -0.494 e. The van der Waals surface area contributed by atoms with Crippen LogP contribution in [-0.2, 0) is 22.6 Å². The van der Waals surface area contributed by atoms with Crippen LogP contribution in [0.5, 0.6) is 5.75 Å². The van der Waals surface area contributed by atoms with E-state index in [-0.39, 0.29) is 23.5 Å². The van der Waals surface area contributed by atoms with Crippen LogP contribution in [0.15, 0.2) is 34.9 Å². The molecule has 0 aliphatic carbocycles. The summed E-state index contributed by atoms with van der Waals surface area (Å²) in [5.41, 5.74) is 1.45. The molecule has 1 aliphatic rings. The fourth-order valence-electron chi connectivity index (χ4n) is 4.15. The predicted octanol–water partition coefficient (Wildman–Crippen LogP) is 4.29. The highest BCUT2D eigenvalue weighted by Crippen LogP contribution is 2.21. The summed E-state index contributed by atoms with van der Waals surface area (Å²) >= 11 is 0. The molecule has 1 amide bonds. The van der Waals surface area contributed by atoms with E-state index < -0.39 is 0 Å². The van der Waals surface area contributed by atoms with E-state index in [4.69, 9.17) is 13.9 Å². The van der Waals surface area contributed by atoms with Gasteiger partial charge in [0.25, 0.3) is 5.91 Å². The van der Waals surface area contributed by atoms with Crippen molar-refractivity contribution < 1.29 is 23.5 Å². The maximum Gasteiger partial charge on any atom is 0.310 e. The number of ether oxygens (including phenoxy) is 2. The summed E-state index contributed by atoms with van der Waals surface area (Å²) in [4.78, 5) is 33.6. The zero-order chi connectivity index (χ0) is 24.5. The predicted molar refractivity (Wildman–Crippen MR) is 128 cm³/mol. The number of likely N-dealkylation sites (tertiary alicyclic amines) is 1. The Balaban J connectivity index is 1.64. The molecule has 0 saturated carbocycles. The molecule has 186 valence electrons. The lowest BCUT2D eigenvalue weighted by Gasteiger charge is -2.30. The third kappa shape index (κ3) is 6.82. The molecule has 8 nitrogen and oxygen atoms in total. The molecule has 34 heavy (non-hydrogen) atoms. The molecule has 1 aromatic heterocycles. The molecule has 0 bridgehead atoms. The average molecular weight is 472 g/mol. The molecule has 0 N–H and O–H groups in total. The molecule has 2 aromatic rings. The van der Waals surface area contributed by atoms with Gasteiger partial charge in [0.1, 0.15) is 12.0 Å². The zero-order valence-corrected chi connectivity index (χ0v) is 20.8. The van der Waals surface area contributed by atoms with E-state index in [0.29, 0.717) is 44.8 Å². The number of hydrogen-bond acceptors (Lipinski definition) is 7. The number of oxazole rings is 1. The third-order valence-corrected chi connectivity index (χ3v) is 6.27. The summed E-state index contributed by atoms with van der Waals surface area (Å²) in [5.74, 6) is 0.651. The van der Waals surface area contributed by atoms with Crippen LogP contribution >= 0.6 is 0 Å². The summed E-state index contributed by atoms with van der Waals surface area (Å²) in [6, 6.07) is 8.42. The molecule has 2 heterocycles. The molecule has 2 unspecified atom stereocenters. The Morgan fingerprint density at radius 2 is 1.94 bits per heavy atom. The number of piperidine rings is 1. The first kappa shape index (κ1) is 25.7. The summed E-state index contributed by atoms with van der Waals surface area (Å²) < 4.78 is 16.4. The molecule has 3 rings (SSSR count). The molecule has 2 atom stereocenters. The van der Waals surface area contributed by atoms with E-state index in [1.165, 1.54) is 11.8 Å². The van der Waals surface area contributed by atoms with Gasteiger partial charge in [0.15, 0.2) is 5.69 Å². The summed E-state index contributed by atoms with van der Waals surface area (Å²) in [6.45, 7) is 11.3. The van der Waals surface area contributed by atoms with Crippen LogP contribution in [0.4, 0.5) is 0 Å². The lowest BCUT2D eigenvalue weighted by Crippen LogP contribution is -2.43. The Labute approximate surface area is 202 Å². The second kappa shape index (κ2) is 12.6. The van der Waals surface area contributed by atoms with Gasteiger partial charge in [-0.25, -0.2) is 4.98 Å². The fraction of sp³-hybridized carbons (Fsp3) is 0.577. The van der Waals surface area contributed by atoms with Crippen molar-refractivity contribution in [3.05, 3.63) is 47.7 Å². The van der Waals surface area contributed by atoms with E-state index in [0.717, 1.165) is 31.6 Å². The third-order valence-electron chi connectivity index (χ3n) is 6.27. The van der Waals surface area contributed by atoms with E-state index in [1.807, 2.05) is 19.1 Å². The van der Waals surface area contributed by atoms with Crippen LogP contribution in [-0.4, -0.2) is 59.0 Å². The first-order chi connectivity index (χ1) is 16.4. The van der Waals surface area contributed by atoms with Gasteiger partial charge in [-0.3, -0.25) is 14.5 Å². The van der Waals surface area contributed by atoms with Crippen molar-refractivity contribution in [2.75, 3.05) is 26.3 Å².